The molecule has 7 nitrogen and oxygen atoms in total. The van der Waals surface area contributed by atoms with Crippen molar-refractivity contribution < 1.29 is 33.3 Å². The van der Waals surface area contributed by atoms with Gasteiger partial charge in [0.15, 0.2) is 0 Å². The van der Waals surface area contributed by atoms with Gasteiger partial charge < -0.3 is 23.7 Å². The quantitative estimate of drug-likeness (QED) is 0.481. The third-order valence-electron chi connectivity index (χ3n) is 1.32. The van der Waals surface area contributed by atoms with Gasteiger partial charge in [-0.25, -0.2) is 9.59 Å². The van der Waals surface area contributed by atoms with Crippen LogP contribution in [0.3, 0.4) is 0 Å². The number of carbonyl (C=O) groups excluding carboxylic acids is 2. The van der Waals surface area contributed by atoms with E-state index in [1.54, 1.807) is 6.92 Å². The average molecular weight is 236 g/mol. The summed E-state index contributed by atoms with van der Waals surface area (Å²) < 4.78 is 22.9. The first kappa shape index (κ1) is 14.5. The zero-order valence-corrected chi connectivity index (χ0v) is 9.39. The van der Waals surface area contributed by atoms with Gasteiger partial charge in [-0.3, -0.25) is 0 Å². The first-order valence-electron chi connectivity index (χ1n) is 4.78. The zero-order valence-electron chi connectivity index (χ0n) is 9.39. The Labute approximate surface area is 93.5 Å². The van der Waals surface area contributed by atoms with Crippen LogP contribution in [-0.2, 0) is 23.7 Å². The third kappa shape index (κ3) is 9.07. The number of carbonyl (C=O) groups is 2. The highest BCUT2D eigenvalue weighted by molar-refractivity contribution is 5.59. The Bertz CT molecular complexity index is 204. The van der Waals surface area contributed by atoms with Crippen molar-refractivity contribution in [1.82, 2.24) is 0 Å². The van der Waals surface area contributed by atoms with Gasteiger partial charge in [0.1, 0.15) is 13.2 Å². The van der Waals surface area contributed by atoms with Crippen LogP contribution in [0.4, 0.5) is 9.59 Å². The summed E-state index contributed by atoms with van der Waals surface area (Å²) in [4.78, 5) is 21.2. The van der Waals surface area contributed by atoms with Crippen LogP contribution in [0, 0.1) is 0 Å². The van der Waals surface area contributed by atoms with Crippen molar-refractivity contribution >= 4 is 12.3 Å². The molecule has 0 heterocycles. The second kappa shape index (κ2) is 10.0. The molecule has 0 aliphatic carbocycles. The van der Waals surface area contributed by atoms with Crippen LogP contribution < -0.4 is 0 Å². The van der Waals surface area contributed by atoms with Gasteiger partial charge in [-0.1, -0.05) is 0 Å². The molecule has 0 aliphatic rings. The Hall–Kier alpha value is -1.50. The van der Waals surface area contributed by atoms with E-state index in [1.165, 1.54) is 7.11 Å². The lowest BCUT2D eigenvalue weighted by Crippen LogP contribution is -2.15. The highest BCUT2D eigenvalue weighted by atomic mass is 16.7. The molecule has 16 heavy (non-hydrogen) atoms. The summed E-state index contributed by atoms with van der Waals surface area (Å²) in [6, 6.07) is 0. The van der Waals surface area contributed by atoms with Crippen molar-refractivity contribution in [3.8, 4) is 0 Å². The molecular formula is C9H16O7. The molecule has 0 saturated heterocycles. The summed E-state index contributed by atoms with van der Waals surface area (Å²) in [7, 11) is 1.22. The van der Waals surface area contributed by atoms with Gasteiger partial charge >= 0.3 is 12.3 Å². The van der Waals surface area contributed by atoms with Crippen LogP contribution in [0.15, 0.2) is 0 Å². The molecule has 0 bridgehead atoms. The second-order valence-electron chi connectivity index (χ2n) is 2.45. The van der Waals surface area contributed by atoms with E-state index in [-0.39, 0.29) is 33.0 Å². The molecule has 0 saturated carbocycles. The first-order valence-corrected chi connectivity index (χ1v) is 4.78. The minimum atomic E-state index is -0.758. The number of rotatable bonds is 7. The van der Waals surface area contributed by atoms with Gasteiger partial charge in [0.2, 0.25) is 0 Å². The molecular weight excluding hydrogens is 220 g/mol. The van der Waals surface area contributed by atoms with Gasteiger partial charge in [-0.05, 0) is 6.92 Å². The fourth-order valence-corrected chi connectivity index (χ4v) is 0.688. The Balaban J connectivity index is 3.15. The van der Waals surface area contributed by atoms with Crippen molar-refractivity contribution in [1.29, 1.82) is 0 Å². The predicted molar refractivity (Wildman–Crippen MR) is 52.2 cm³/mol. The van der Waals surface area contributed by atoms with Crippen molar-refractivity contribution in [2.75, 3.05) is 40.1 Å². The third-order valence-corrected chi connectivity index (χ3v) is 1.32. The normalized spacial score (nSPS) is 9.38. The molecule has 0 amide bonds. The minimum Gasteiger partial charge on any atom is -0.438 e. The predicted octanol–water partition coefficient (Wildman–Crippen LogP) is 0.959. The van der Waals surface area contributed by atoms with Gasteiger partial charge in [-0.15, -0.1) is 0 Å². The van der Waals surface area contributed by atoms with Crippen LogP contribution in [0.25, 0.3) is 0 Å². The molecule has 0 aromatic carbocycles. The highest BCUT2D eigenvalue weighted by Crippen LogP contribution is 1.87. The lowest BCUT2D eigenvalue weighted by molar-refractivity contribution is 0.0110. The van der Waals surface area contributed by atoms with Crippen molar-refractivity contribution in [2.45, 2.75) is 6.92 Å². The molecule has 0 radical (unpaired) electrons. The van der Waals surface area contributed by atoms with E-state index in [2.05, 4.69) is 18.9 Å². The largest absolute Gasteiger partial charge is 0.508 e. The van der Waals surface area contributed by atoms with Crippen LogP contribution >= 0.6 is 0 Å². The number of hydrogen-bond acceptors (Lipinski definition) is 7. The first-order chi connectivity index (χ1) is 7.70. The number of hydrogen-bond donors (Lipinski definition) is 0. The maximum Gasteiger partial charge on any atom is 0.508 e. The monoisotopic (exact) mass is 236 g/mol. The Morgan fingerprint density at radius 2 is 1.44 bits per heavy atom. The molecule has 94 valence electrons. The zero-order chi connectivity index (χ0) is 12.2. The molecule has 0 aliphatic heterocycles. The standard InChI is InChI=1S/C9H16O7/c1-3-14-9(11)16-7-5-13-4-6-15-8(10)12-2/h3-7H2,1-2H3. The van der Waals surface area contributed by atoms with Gasteiger partial charge in [0.05, 0.1) is 26.9 Å². The fraction of sp³-hybridized carbons (Fsp3) is 0.778. The smallest absolute Gasteiger partial charge is 0.438 e. The lowest BCUT2D eigenvalue weighted by Gasteiger charge is -2.06. The molecule has 0 N–H and O–H groups in total. The van der Waals surface area contributed by atoms with Gasteiger partial charge in [0.25, 0.3) is 0 Å². The highest BCUT2D eigenvalue weighted by Gasteiger charge is 2.01. The molecule has 0 unspecified atom stereocenters. The minimum absolute atomic E-state index is 0.0894. The van der Waals surface area contributed by atoms with Crippen molar-refractivity contribution in [3.63, 3.8) is 0 Å². The van der Waals surface area contributed by atoms with E-state index in [4.69, 9.17) is 4.74 Å². The fourth-order valence-electron chi connectivity index (χ4n) is 0.688. The second-order valence-corrected chi connectivity index (χ2v) is 2.45. The van der Waals surface area contributed by atoms with Crippen LogP contribution in [-0.4, -0.2) is 52.5 Å². The summed E-state index contributed by atoms with van der Waals surface area (Å²) in [5.41, 5.74) is 0. The van der Waals surface area contributed by atoms with E-state index in [0.29, 0.717) is 0 Å². The summed E-state index contributed by atoms with van der Waals surface area (Å²) in [6.45, 7) is 2.56. The average Bonchev–Trinajstić information content (AvgIpc) is 2.27. The Kier molecular flexibility index (Phi) is 9.09. The maximum atomic E-state index is 10.7. The topological polar surface area (TPSA) is 80.3 Å². The Morgan fingerprint density at radius 1 is 0.875 bits per heavy atom. The van der Waals surface area contributed by atoms with Crippen LogP contribution in [0.5, 0.6) is 0 Å². The summed E-state index contributed by atoms with van der Waals surface area (Å²) in [6.07, 6.45) is -1.48. The molecule has 0 rings (SSSR count). The number of ether oxygens (including phenoxy) is 5. The van der Waals surface area contributed by atoms with E-state index < -0.39 is 12.3 Å². The molecule has 0 aromatic rings. The van der Waals surface area contributed by atoms with E-state index in [1.807, 2.05) is 0 Å². The van der Waals surface area contributed by atoms with Gasteiger partial charge in [0, 0.05) is 0 Å². The molecule has 0 atom stereocenters. The lowest BCUT2D eigenvalue weighted by atomic mass is 10.7. The summed E-state index contributed by atoms with van der Waals surface area (Å²) >= 11 is 0. The van der Waals surface area contributed by atoms with Crippen LogP contribution in [0.2, 0.25) is 0 Å². The SMILES string of the molecule is CCOC(=O)OCCOCCOC(=O)OC. The Morgan fingerprint density at radius 3 is 1.94 bits per heavy atom. The molecule has 0 spiro atoms. The van der Waals surface area contributed by atoms with E-state index in [0.717, 1.165) is 0 Å². The van der Waals surface area contributed by atoms with Crippen molar-refractivity contribution in [3.05, 3.63) is 0 Å². The van der Waals surface area contributed by atoms with Gasteiger partial charge in [-0.2, -0.15) is 0 Å². The van der Waals surface area contributed by atoms with Crippen molar-refractivity contribution in [2.24, 2.45) is 0 Å². The van der Waals surface area contributed by atoms with E-state index >= 15 is 0 Å². The maximum absolute atomic E-state index is 10.7. The summed E-state index contributed by atoms with van der Waals surface area (Å²) in [5.74, 6) is 0. The summed E-state index contributed by atoms with van der Waals surface area (Å²) in [5, 5.41) is 0. The number of methoxy groups -OCH3 is 1. The van der Waals surface area contributed by atoms with Crippen LogP contribution in [0.1, 0.15) is 6.92 Å². The molecule has 0 aromatic heterocycles. The molecule has 7 heteroatoms. The molecule has 0 fully saturated rings. The van der Waals surface area contributed by atoms with E-state index in [9.17, 15) is 9.59 Å².